The lowest BCUT2D eigenvalue weighted by atomic mass is 9.40. The zero-order valence-corrected chi connectivity index (χ0v) is 44.5. The van der Waals surface area contributed by atoms with Crippen molar-refractivity contribution >= 4 is 46.2 Å². The van der Waals surface area contributed by atoms with Gasteiger partial charge in [0, 0.05) is 39.9 Å². The molecule has 2 aliphatic rings. The van der Waals surface area contributed by atoms with E-state index in [4.69, 9.17) is 0 Å². The standard InChI is InChI=1S/C76H57BN2/c1-52-45-72-70(49-61-31-32-63(47-53(61)2)57-25-14-6-15-26-57)69-43-42-67(78(65-38-33-59(34-39-65)54-19-8-3-9-20-54)66-40-35-60(36-41-66)55-21-10-4-11-22-55)51-74(69)77-76(72)73(46-52)71-50-64(58-27-16-7-17-28-58)37-44-75(71)79(77)68-30-18-29-62(48-68)56-23-12-5-13-24-56/h3-48,50-51,70H,49H2,1-2H3. The van der Waals surface area contributed by atoms with Gasteiger partial charge in [-0.05, 0) is 175 Å². The van der Waals surface area contributed by atoms with E-state index in [1.165, 1.54) is 111 Å². The molecule has 2 aliphatic heterocycles. The maximum atomic E-state index is 2.67. The average Bonchev–Trinajstić information content (AvgIpc) is 2.90. The first-order valence-electron chi connectivity index (χ1n) is 27.7. The molecule has 0 saturated carbocycles. The molecule has 3 heteroatoms. The van der Waals surface area contributed by atoms with E-state index in [1.54, 1.807) is 0 Å². The van der Waals surface area contributed by atoms with Crippen LogP contribution in [0.3, 0.4) is 0 Å². The van der Waals surface area contributed by atoms with Gasteiger partial charge in [0.05, 0.1) is 0 Å². The van der Waals surface area contributed by atoms with Gasteiger partial charge in [0.15, 0.2) is 0 Å². The van der Waals surface area contributed by atoms with Crippen molar-refractivity contribution in [2.45, 2.75) is 26.2 Å². The molecule has 0 amide bonds. The Morgan fingerprint density at radius 2 is 0.810 bits per heavy atom. The molecule has 12 aromatic carbocycles. The van der Waals surface area contributed by atoms with Gasteiger partial charge in [-0.1, -0.05) is 236 Å². The normalized spacial score (nSPS) is 13.1. The van der Waals surface area contributed by atoms with Crippen LogP contribution in [0.5, 0.6) is 0 Å². The monoisotopic (exact) mass is 1010 g/mol. The van der Waals surface area contributed by atoms with Gasteiger partial charge in [0.2, 0.25) is 0 Å². The molecule has 0 aromatic heterocycles. The first kappa shape index (κ1) is 47.7. The summed E-state index contributed by atoms with van der Waals surface area (Å²) in [7, 11) is 0. The topological polar surface area (TPSA) is 6.48 Å². The molecule has 0 bridgehead atoms. The zero-order valence-electron chi connectivity index (χ0n) is 44.5. The van der Waals surface area contributed by atoms with E-state index in [1.807, 2.05) is 0 Å². The number of hydrogen-bond donors (Lipinski definition) is 0. The van der Waals surface area contributed by atoms with Gasteiger partial charge in [-0.25, -0.2) is 0 Å². The molecule has 1 atom stereocenters. The minimum atomic E-state index is -0.151. The number of nitrogens with zero attached hydrogens (tertiary/aromatic N) is 2. The molecular weight excluding hydrogens is 952 g/mol. The molecular formula is C76H57BN2. The molecule has 0 N–H and O–H groups in total. The number of hydrogen-bond acceptors (Lipinski definition) is 2. The second-order valence-electron chi connectivity index (χ2n) is 21.3. The molecule has 2 nitrogen and oxygen atoms in total. The van der Waals surface area contributed by atoms with Crippen molar-refractivity contribution in [1.82, 2.24) is 0 Å². The molecule has 79 heavy (non-hydrogen) atoms. The highest BCUT2D eigenvalue weighted by Crippen LogP contribution is 2.48. The number of anilines is 5. The lowest BCUT2D eigenvalue weighted by Crippen LogP contribution is -2.62. The quantitative estimate of drug-likeness (QED) is 0.119. The smallest absolute Gasteiger partial charge is 0.329 e. The molecule has 12 aromatic rings. The van der Waals surface area contributed by atoms with Crippen LogP contribution in [0.2, 0.25) is 0 Å². The van der Waals surface area contributed by atoms with E-state index in [0.717, 1.165) is 29.2 Å². The summed E-state index contributed by atoms with van der Waals surface area (Å²) in [5, 5.41) is 0. The van der Waals surface area contributed by atoms with Crippen LogP contribution in [-0.4, -0.2) is 6.85 Å². The largest absolute Gasteiger partial charge is 0.376 e. The van der Waals surface area contributed by atoms with Gasteiger partial charge >= 0.3 is 6.85 Å². The Morgan fingerprint density at radius 3 is 1.35 bits per heavy atom. The van der Waals surface area contributed by atoms with Crippen molar-refractivity contribution in [1.29, 1.82) is 0 Å². The lowest BCUT2D eigenvalue weighted by Gasteiger charge is -2.45. The van der Waals surface area contributed by atoms with Crippen LogP contribution in [0.1, 0.15) is 33.7 Å². The third kappa shape index (κ3) is 8.94. The number of benzene rings is 12. The Hall–Kier alpha value is -9.70. The molecule has 2 heterocycles. The molecule has 1 unspecified atom stereocenters. The van der Waals surface area contributed by atoms with E-state index in [2.05, 4.69) is 315 Å². The molecule has 0 saturated heterocycles. The Labute approximate surface area is 465 Å². The molecule has 0 spiro atoms. The van der Waals surface area contributed by atoms with Crippen molar-refractivity contribution in [3.8, 4) is 66.8 Å². The van der Waals surface area contributed by atoms with Crippen molar-refractivity contribution in [2.75, 3.05) is 9.71 Å². The summed E-state index contributed by atoms with van der Waals surface area (Å²) in [6.07, 6.45) is 0.863. The Bertz CT molecular complexity index is 4080. The van der Waals surface area contributed by atoms with E-state index < -0.39 is 0 Å². The van der Waals surface area contributed by atoms with Crippen LogP contribution in [-0.2, 0) is 6.42 Å². The molecule has 0 fully saturated rings. The zero-order chi connectivity index (χ0) is 52.8. The Kier molecular flexibility index (Phi) is 12.3. The highest BCUT2D eigenvalue weighted by Gasteiger charge is 2.45. The van der Waals surface area contributed by atoms with Gasteiger partial charge in [-0.3, -0.25) is 0 Å². The van der Waals surface area contributed by atoms with Crippen molar-refractivity contribution in [3.05, 3.63) is 319 Å². The van der Waals surface area contributed by atoms with Gasteiger partial charge in [-0.2, -0.15) is 0 Å². The first-order chi connectivity index (χ1) is 39.0. The van der Waals surface area contributed by atoms with Crippen LogP contribution in [0.15, 0.2) is 291 Å². The van der Waals surface area contributed by atoms with Crippen molar-refractivity contribution in [3.63, 3.8) is 0 Å². The van der Waals surface area contributed by atoms with E-state index in [9.17, 15) is 0 Å². The van der Waals surface area contributed by atoms with Crippen LogP contribution < -0.4 is 20.6 Å². The summed E-state index contributed by atoms with van der Waals surface area (Å²) in [5.74, 6) is 0.0790. The van der Waals surface area contributed by atoms with Crippen LogP contribution in [0.25, 0.3) is 66.8 Å². The molecule has 374 valence electrons. The van der Waals surface area contributed by atoms with Gasteiger partial charge < -0.3 is 9.71 Å². The number of rotatable bonds is 11. The second-order valence-corrected chi connectivity index (χ2v) is 21.3. The predicted molar refractivity (Wildman–Crippen MR) is 335 cm³/mol. The summed E-state index contributed by atoms with van der Waals surface area (Å²) in [6.45, 7) is 4.44. The first-order valence-corrected chi connectivity index (χ1v) is 27.7. The highest BCUT2D eigenvalue weighted by molar-refractivity contribution is 6.92. The SMILES string of the molecule is Cc1cc2c3c(c1)C(Cc1ccc(-c4ccccc4)cc1C)c1ccc(N(c4ccc(-c5ccccc5)cc4)c4ccc(-c5ccccc5)cc4)cc1B3N(c1cccc(-c3ccccc3)c1)c1ccc(-c3ccccc3)cc1-2. The van der Waals surface area contributed by atoms with Gasteiger partial charge in [0.25, 0.3) is 0 Å². The summed E-state index contributed by atoms with van der Waals surface area (Å²) in [5.41, 5.74) is 29.7. The molecule has 0 radical (unpaired) electrons. The van der Waals surface area contributed by atoms with Gasteiger partial charge in [0.1, 0.15) is 0 Å². The van der Waals surface area contributed by atoms with E-state index in [0.29, 0.717) is 0 Å². The minimum Gasteiger partial charge on any atom is -0.376 e. The third-order valence-corrected chi connectivity index (χ3v) is 16.5. The van der Waals surface area contributed by atoms with E-state index >= 15 is 0 Å². The number of aryl methyl sites for hydroxylation is 2. The second kappa shape index (κ2) is 20.4. The molecule has 0 aliphatic carbocycles. The third-order valence-electron chi connectivity index (χ3n) is 16.5. The van der Waals surface area contributed by atoms with Crippen LogP contribution in [0.4, 0.5) is 28.4 Å². The fourth-order valence-electron chi connectivity index (χ4n) is 12.6. The number of fused-ring (bicyclic) bond motifs is 4. The minimum absolute atomic E-state index is 0.0790. The van der Waals surface area contributed by atoms with Crippen LogP contribution >= 0.6 is 0 Å². The summed E-state index contributed by atoms with van der Waals surface area (Å²) in [4.78, 5) is 5.13. The fraction of sp³-hybridized carbons (Fsp3) is 0.0526. The fourth-order valence-corrected chi connectivity index (χ4v) is 12.6. The predicted octanol–water partition coefficient (Wildman–Crippen LogP) is 18.7. The summed E-state index contributed by atoms with van der Waals surface area (Å²) in [6, 6.07) is 108. The van der Waals surface area contributed by atoms with E-state index in [-0.39, 0.29) is 12.8 Å². The van der Waals surface area contributed by atoms with Gasteiger partial charge in [-0.15, -0.1) is 0 Å². The lowest BCUT2D eigenvalue weighted by molar-refractivity contribution is 0.804. The summed E-state index contributed by atoms with van der Waals surface area (Å²) >= 11 is 0. The maximum absolute atomic E-state index is 2.67. The highest BCUT2D eigenvalue weighted by atomic mass is 15.1. The Morgan fingerprint density at radius 1 is 0.354 bits per heavy atom. The summed E-state index contributed by atoms with van der Waals surface area (Å²) < 4.78 is 0. The molecule has 14 rings (SSSR count). The Balaban J connectivity index is 1.00. The van der Waals surface area contributed by atoms with Crippen LogP contribution in [0, 0.1) is 13.8 Å². The maximum Gasteiger partial charge on any atom is 0.329 e. The van der Waals surface area contributed by atoms with Crippen molar-refractivity contribution < 1.29 is 0 Å². The van der Waals surface area contributed by atoms with Crippen molar-refractivity contribution in [2.24, 2.45) is 0 Å². The average molecular weight is 1010 g/mol.